The lowest BCUT2D eigenvalue weighted by atomic mass is 9.85. The lowest BCUT2D eigenvalue weighted by Gasteiger charge is -2.35. The Bertz CT molecular complexity index is 1620. The van der Waals surface area contributed by atoms with E-state index < -0.39 is 41.3 Å². The molecule has 0 aliphatic carbocycles. The molecule has 3 atom stereocenters. The molecule has 4 amide bonds. The number of carbonyl (C=O) groups is 4. The topological polar surface area (TPSA) is 156 Å². The van der Waals surface area contributed by atoms with Crippen molar-refractivity contribution in [3.63, 3.8) is 0 Å². The predicted molar refractivity (Wildman–Crippen MR) is 198 cm³/mol. The number of likely N-dealkylation sites (tertiary alicyclic amines) is 1. The van der Waals surface area contributed by atoms with Crippen LogP contribution >= 0.6 is 23.7 Å². The number of thiazole rings is 1. The molecule has 2 fully saturated rings. The number of aliphatic hydroxyl groups is 1. The van der Waals surface area contributed by atoms with Gasteiger partial charge in [0.2, 0.25) is 17.7 Å². The molecule has 0 spiro atoms. The van der Waals surface area contributed by atoms with E-state index in [0.29, 0.717) is 18.5 Å². The number of piperazine rings is 1. The number of nitrogens with zero attached hydrogens (tertiary/aromatic N) is 3. The van der Waals surface area contributed by atoms with Crippen LogP contribution in [0.3, 0.4) is 0 Å². The van der Waals surface area contributed by atoms with E-state index >= 15 is 0 Å². The summed E-state index contributed by atoms with van der Waals surface area (Å²) in [5.74, 6) is -1.74. The summed E-state index contributed by atoms with van der Waals surface area (Å²) in [6.45, 7) is 11.1. The third kappa shape index (κ3) is 9.81. The van der Waals surface area contributed by atoms with Gasteiger partial charge in [-0.25, -0.2) is 4.98 Å². The van der Waals surface area contributed by atoms with Crippen molar-refractivity contribution in [1.82, 2.24) is 31.2 Å². The Hall–Kier alpha value is -4.04. The van der Waals surface area contributed by atoms with Crippen molar-refractivity contribution in [2.45, 2.75) is 58.7 Å². The number of hydrogen-bond donors (Lipinski definition) is 5. The standard InChI is InChI=1S/C36H47N7O5S.ClH/c1-23-31(49-22-40-23)25-7-5-24(6-8-25)13-14-38-34(47)29-19-28(44)21-43(29)35(48)32(36(2,3)4)41-30(45)20-39-33(46)26-9-11-27(12-10-26)42-17-15-37-16-18-42;/h5-12,22,28-29,32,37,44H,13-21H2,1-4H3,(H,38,47)(H,39,46)(H,41,45);1H/t28-,29-,32+;/m0./s1. The van der Waals surface area contributed by atoms with E-state index in [2.05, 4.69) is 31.2 Å². The zero-order valence-electron chi connectivity index (χ0n) is 29.0. The fourth-order valence-electron chi connectivity index (χ4n) is 6.19. The normalized spacial score (nSPS) is 18.2. The van der Waals surface area contributed by atoms with Gasteiger partial charge in [0.15, 0.2) is 0 Å². The summed E-state index contributed by atoms with van der Waals surface area (Å²) < 4.78 is 0. The number of carbonyl (C=O) groups excluding carboxylic acids is 4. The van der Waals surface area contributed by atoms with E-state index in [9.17, 15) is 24.3 Å². The van der Waals surface area contributed by atoms with Gasteiger partial charge in [0.1, 0.15) is 12.1 Å². The SMILES string of the molecule is Cc1ncsc1-c1ccc(CCNC(=O)[C@@H]2C[C@H](O)CN2C(=O)[C@@H](NC(=O)CNC(=O)c2ccc(N3CCNCC3)cc2)C(C)(C)C)cc1.Cl. The van der Waals surface area contributed by atoms with Crippen molar-refractivity contribution in [2.24, 2.45) is 5.41 Å². The minimum atomic E-state index is -0.989. The van der Waals surface area contributed by atoms with Gasteiger partial charge in [-0.05, 0) is 54.2 Å². The van der Waals surface area contributed by atoms with Crippen LogP contribution in [-0.4, -0.2) is 103 Å². The Morgan fingerprint density at radius 3 is 2.32 bits per heavy atom. The van der Waals surface area contributed by atoms with Gasteiger partial charge in [-0.3, -0.25) is 19.2 Å². The van der Waals surface area contributed by atoms with Crippen molar-refractivity contribution >= 4 is 53.1 Å². The number of β-amino-alcohol motifs (C(OH)–C–C–N with tert-alkyl or cyclic N) is 1. The average molecular weight is 726 g/mol. The molecule has 0 bridgehead atoms. The minimum absolute atomic E-state index is 0. The third-order valence-electron chi connectivity index (χ3n) is 8.98. The van der Waals surface area contributed by atoms with Crippen molar-refractivity contribution in [2.75, 3.05) is 50.7 Å². The first-order valence-corrected chi connectivity index (χ1v) is 17.7. The highest BCUT2D eigenvalue weighted by molar-refractivity contribution is 7.13. The molecule has 1 aromatic heterocycles. The quantitative estimate of drug-likeness (QED) is 0.202. The van der Waals surface area contributed by atoms with Crippen LogP contribution < -0.4 is 26.2 Å². The molecule has 50 heavy (non-hydrogen) atoms. The zero-order chi connectivity index (χ0) is 35.1. The highest BCUT2D eigenvalue weighted by Crippen LogP contribution is 2.28. The molecule has 5 rings (SSSR count). The molecule has 2 aliphatic heterocycles. The Labute approximate surface area is 303 Å². The largest absolute Gasteiger partial charge is 0.391 e. The lowest BCUT2D eigenvalue weighted by molar-refractivity contribution is -0.143. The summed E-state index contributed by atoms with van der Waals surface area (Å²) in [6.07, 6.45) is -0.158. The van der Waals surface area contributed by atoms with Gasteiger partial charge < -0.3 is 36.2 Å². The Morgan fingerprint density at radius 1 is 1.02 bits per heavy atom. The summed E-state index contributed by atoms with van der Waals surface area (Å²) in [5.41, 5.74) is 5.73. The number of hydrogen-bond acceptors (Lipinski definition) is 9. The van der Waals surface area contributed by atoms with Gasteiger partial charge in [-0.15, -0.1) is 23.7 Å². The molecular weight excluding hydrogens is 678 g/mol. The van der Waals surface area contributed by atoms with Gasteiger partial charge in [0.05, 0.1) is 28.7 Å². The Morgan fingerprint density at radius 2 is 1.70 bits per heavy atom. The molecule has 0 saturated carbocycles. The van der Waals surface area contributed by atoms with Crippen LogP contribution in [0.25, 0.3) is 10.4 Å². The number of aliphatic hydroxyl groups excluding tert-OH is 1. The number of anilines is 1. The molecule has 3 aromatic rings. The van der Waals surface area contributed by atoms with E-state index in [0.717, 1.165) is 53.6 Å². The summed E-state index contributed by atoms with van der Waals surface area (Å²) in [4.78, 5) is 62.1. The van der Waals surface area contributed by atoms with E-state index in [1.54, 1.807) is 23.5 Å². The Balaban J connectivity index is 0.00000562. The maximum Gasteiger partial charge on any atom is 0.251 e. The average Bonchev–Trinajstić information content (AvgIpc) is 3.71. The predicted octanol–water partition coefficient (Wildman–Crippen LogP) is 2.53. The van der Waals surface area contributed by atoms with Crippen LogP contribution in [0.15, 0.2) is 54.0 Å². The first-order valence-electron chi connectivity index (χ1n) is 16.8. The van der Waals surface area contributed by atoms with E-state index in [1.807, 2.05) is 69.6 Å². The smallest absolute Gasteiger partial charge is 0.251 e. The second kappa shape index (κ2) is 17.3. The zero-order valence-corrected chi connectivity index (χ0v) is 30.7. The number of amides is 4. The molecule has 3 heterocycles. The molecule has 2 aliphatic rings. The number of halogens is 1. The minimum Gasteiger partial charge on any atom is -0.391 e. The first kappa shape index (κ1) is 38.8. The maximum atomic E-state index is 13.9. The van der Waals surface area contributed by atoms with Crippen molar-refractivity contribution < 1.29 is 24.3 Å². The number of aromatic nitrogens is 1. The summed E-state index contributed by atoms with van der Waals surface area (Å²) in [5, 5.41) is 22.1. The Kier molecular flexibility index (Phi) is 13.4. The summed E-state index contributed by atoms with van der Waals surface area (Å²) in [6, 6.07) is 13.5. The highest BCUT2D eigenvalue weighted by atomic mass is 35.5. The summed E-state index contributed by atoms with van der Waals surface area (Å²) in [7, 11) is 0. The van der Waals surface area contributed by atoms with Crippen LogP contribution in [0.1, 0.15) is 48.8 Å². The second-order valence-electron chi connectivity index (χ2n) is 13.7. The van der Waals surface area contributed by atoms with Gasteiger partial charge >= 0.3 is 0 Å². The van der Waals surface area contributed by atoms with Crippen LogP contribution in [0.2, 0.25) is 0 Å². The molecule has 12 nitrogen and oxygen atoms in total. The highest BCUT2D eigenvalue weighted by Gasteiger charge is 2.44. The lowest BCUT2D eigenvalue weighted by Crippen LogP contribution is -2.58. The van der Waals surface area contributed by atoms with Crippen LogP contribution in [0, 0.1) is 12.3 Å². The molecule has 2 aromatic carbocycles. The van der Waals surface area contributed by atoms with E-state index in [-0.39, 0.29) is 37.8 Å². The van der Waals surface area contributed by atoms with Crippen LogP contribution in [0.4, 0.5) is 5.69 Å². The van der Waals surface area contributed by atoms with E-state index in [1.165, 1.54) is 4.90 Å². The number of rotatable bonds is 11. The molecule has 14 heteroatoms. The second-order valence-corrected chi connectivity index (χ2v) is 14.6. The number of nitrogens with one attached hydrogen (secondary N) is 4. The number of aryl methyl sites for hydroxylation is 1. The van der Waals surface area contributed by atoms with E-state index in [4.69, 9.17) is 0 Å². The van der Waals surface area contributed by atoms with Gasteiger partial charge in [0, 0.05) is 56.9 Å². The van der Waals surface area contributed by atoms with Gasteiger partial charge in [0.25, 0.3) is 5.91 Å². The van der Waals surface area contributed by atoms with Crippen LogP contribution in [0.5, 0.6) is 0 Å². The summed E-state index contributed by atoms with van der Waals surface area (Å²) >= 11 is 1.60. The van der Waals surface area contributed by atoms with Gasteiger partial charge in [-0.2, -0.15) is 0 Å². The molecule has 2 saturated heterocycles. The fraction of sp³-hybridized carbons (Fsp3) is 0.472. The van der Waals surface area contributed by atoms with Crippen molar-refractivity contribution in [3.05, 3.63) is 70.9 Å². The molecular formula is C36H48ClN7O5S. The van der Waals surface area contributed by atoms with Crippen molar-refractivity contribution in [1.29, 1.82) is 0 Å². The molecule has 0 radical (unpaired) electrons. The first-order chi connectivity index (χ1) is 23.4. The van der Waals surface area contributed by atoms with Crippen LogP contribution in [-0.2, 0) is 20.8 Å². The van der Waals surface area contributed by atoms with Gasteiger partial charge in [-0.1, -0.05) is 45.0 Å². The van der Waals surface area contributed by atoms with Crippen molar-refractivity contribution in [3.8, 4) is 10.4 Å². The number of benzene rings is 2. The maximum absolute atomic E-state index is 13.9. The monoisotopic (exact) mass is 725 g/mol. The molecule has 0 unspecified atom stereocenters. The molecule has 5 N–H and O–H groups in total. The molecule has 270 valence electrons. The fourth-order valence-corrected chi connectivity index (χ4v) is 7.00. The third-order valence-corrected chi connectivity index (χ3v) is 9.96.